The van der Waals surface area contributed by atoms with Gasteiger partial charge in [-0.25, -0.2) is 0 Å². The number of aliphatic hydroxyl groups is 1. The van der Waals surface area contributed by atoms with Gasteiger partial charge in [-0.15, -0.1) is 11.3 Å². The molecule has 2 aromatic rings. The first-order valence-electron chi connectivity index (χ1n) is 6.78. The second kappa shape index (κ2) is 5.94. The number of fused-ring (bicyclic) bond motifs is 1. The van der Waals surface area contributed by atoms with Crippen molar-refractivity contribution < 1.29 is 9.90 Å². The van der Waals surface area contributed by atoms with Crippen molar-refractivity contribution in [3.05, 3.63) is 35.2 Å². The van der Waals surface area contributed by atoms with Crippen LogP contribution in [0.4, 0.5) is 0 Å². The molecule has 0 saturated carbocycles. The summed E-state index contributed by atoms with van der Waals surface area (Å²) in [6.45, 7) is 6.33. The van der Waals surface area contributed by atoms with Crippen LogP contribution in [-0.4, -0.2) is 17.6 Å². The maximum absolute atomic E-state index is 11.8. The summed E-state index contributed by atoms with van der Waals surface area (Å²) in [4.78, 5) is 11.8. The van der Waals surface area contributed by atoms with Gasteiger partial charge in [0.25, 0.3) is 0 Å². The molecule has 0 spiro atoms. The summed E-state index contributed by atoms with van der Waals surface area (Å²) in [7, 11) is 0. The standard InChI is InChI=1S/C16H21NO2S/c1-16(2,3)8-15(19)17-9-13(18)12-10-20-14-7-5-4-6-11(12)14/h4-7,10,13,18H,8-9H2,1-3H3,(H,17,19). The van der Waals surface area contributed by atoms with Crippen molar-refractivity contribution in [1.29, 1.82) is 0 Å². The molecule has 0 saturated heterocycles. The highest BCUT2D eigenvalue weighted by molar-refractivity contribution is 7.17. The van der Waals surface area contributed by atoms with Crippen molar-refractivity contribution in [3.8, 4) is 0 Å². The van der Waals surface area contributed by atoms with Gasteiger partial charge in [0.1, 0.15) is 0 Å². The maximum Gasteiger partial charge on any atom is 0.220 e. The van der Waals surface area contributed by atoms with Crippen LogP contribution >= 0.6 is 11.3 Å². The SMILES string of the molecule is CC(C)(C)CC(=O)NCC(O)c1csc2ccccc12. The van der Waals surface area contributed by atoms with E-state index in [1.165, 1.54) is 0 Å². The number of carbonyl (C=O) groups is 1. The number of benzene rings is 1. The lowest BCUT2D eigenvalue weighted by molar-refractivity contribution is -0.123. The molecule has 3 nitrogen and oxygen atoms in total. The van der Waals surface area contributed by atoms with E-state index in [9.17, 15) is 9.90 Å². The van der Waals surface area contributed by atoms with E-state index in [-0.39, 0.29) is 17.9 Å². The van der Waals surface area contributed by atoms with Crippen molar-refractivity contribution in [2.75, 3.05) is 6.54 Å². The summed E-state index contributed by atoms with van der Waals surface area (Å²) in [6, 6.07) is 7.99. The van der Waals surface area contributed by atoms with Crippen LogP contribution in [0.5, 0.6) is 0 Å². The molecule has 0 fully saturated rings. The predicted molar refractivity (Wildman–Crippen MR) is 83.9 cm³/mol. The molecule has 20 heavy (non-hydrogen) atoms. The van der Waals surface area contributed by atoms with Gasteiger partial charge in [0.15, 0.2) is 0 Å². The van der Waals surface area contributed by atoms with Crippen LogP contribution in [0.3, 0.4) is 0 Å². The van der Waals surface area contributed by atoms with Crippen LogP contribution in [0.15, 0.2) is 29.6 Å². The number of amides is 1. The van der Waals surface area contributed by atoms with Crippen LogP contribution in [-0.2, 0) is 4.79 Å². The maximum atomic E-state index is 11.8. The number of rotatable bonds is 4. The fourth-order valence-electron chi connectivity index (χ4n) is 2.12. The van der Waals surface area contributed by atoms with E-state index in [0.717, 1.165) is 15.6 Å². The van der Waals surface area contributed by atoms with Gasteiger partial charge in [-0.3, -0.25) is 4.79 Å². The Morgan fingerprint density at radius 2 is 2.05 bits per heavy atom. The summed E-state index contributed by atoms with van der Waals surface area (Å²) in [5, 5.41) is 16.1. The molecular formula is C16H21NO2S. The first-order valence-corrected chi connectivity index (χ1v) is 7.66. The van der Waals surface area contributed by atoms with Gasteiger partial charge in [-0.1, -0.05) is 39.0 Å². The molecule has 0 aliphatic carbocycles. The molecule has 0 aliphatic rings. The quantitative estimate of drug-likeness (QED) is 0.906. The molecule has 4 heteroatoms. The Morgan fingerprint density at radius 1 is 1.35 bits per heavy atom. The van der Waals surface area contributed by atoms with E-state index >= 15 is 0 Å². The third-order valence-corrected chi connectivity index (χ3v) is 4.04. The molecule has 0 radical (unpaired) electrons. The molecule has 0 bridgehead atoms. The van der Waals surface area contributed by atoms with Crippen molar-refractivity contribution in [2.45, 2.75) is 33.3 Å². The number of thiophene rings is 1. The number of nitrogens with one attached hydrogen (secondary N) is 1. The second-order valence-electron chi connectivity index (χ2n) is 6.24. The molecule has 1 atom stereocenters. The van der Waals surface area contributed by atoms with E-state index in [4.69, 9.17) is 0 Å². The minimum atomic E-state index is -0.657. The van der Waals surface area contributed by atoms with Crippen LogP contribution in [0, 0.1) is 5.41 Å². The smallest absolute Gasteiger partial charge is 0.220 e. The molecular weight excluding hydrogens is 270 g/mol. The molecule has 2 N–H and O–H groups in total. The summed E-state index contributed by atoms with van der Waals surface area (Å²) < 4.78 is 1.16. The lowest BCUT2D eigenvalue weighted by atomic mass is 9.92. The zero-order valence-electron chi connectivity index (χ0n) is 12.1. The van der Waals surface area contributed by atoms with Gasteiger partial charge >= 0.3 is 0 Å². The highest BCUT2D eigenvalue weighted by Crippen LogP contribution is 2.29. The largest absolute Gasteiger partial charge is 0.387 e. The third-order valence-electron chi connectivity index (χ3n) is 3.05. The Morgan fingerprint density at radius 3 is 2.75 bits per heavy atom. The van der Waals surface area contributed by atoms with Gasteiger partial charge in [0, 0.05) is 23.2 Å². The number of hydrogen-bond donors (Lipinski definition) is 2. The fraction of sp³-hybridized carbons (Fsp3) is 0.438. The average Bonchev–Trinajstić information content (AvgIpc) is 2.78. The minimum Gasteiger partial charge on any atom is -0.387 e. The van der Waals surface area contributed by atoms with Gasteiger partial charge in [-0.05, 0) is 22.2 Å². The Labute approximate surface area is 123 Å². The highest BCUT2D eigenvalue weighted by Gasteiger charge is 2.18. The van der Waals surface area contributed by atoms with Crippen LogP contribution < -0.4 is 5.32 Å². The molecule has 2 rings (SSSR count). The van der Waals surface area contributed by atoms with Crippen molar-refractivity contribution >= 4 is 27.3 Å². The molecule has 0 aliphatic heterocycles. The molecule has 1 unspecified atom stereocenters. The zero-order valence-corrected chi connectivity index (χ0v) is 13.0. The minimum absolute atomic E-state index is 0.0175. The Bertz CT molecular complexity index is 598. The third kappa shape index (κ3) is 3.81. The van der Waals surface area contributed by atoms with E-state index in [0.29, 0.717) is 6.42 Å². The Kier molecular flexibility index (Phi) is 4.45. The van der Waals surface area contributed by atoms with E-state index in [1.54, 1.807) is 11.3 Å². The van der Waals surface area contributed by atoms with Crippen LogP contribution in [0.2, 0.25) is 0 Å². The van der Waals surface area contributed by atoms with E-state index in [1.807, 2.05) is 50.4 Å². The lowest BCUT2D eigenvalue weighted by Gasteiger charge is -2.18. The van der Waals surface area contributed by atoms with Crippen molar-refractivity contribution in [1.82, 2.24) is 5.32 Å². The van der Waals surface area contributed by atoms with Gasteiger partial charge in [0.2, 0.25) is 5.91 Å². The lowest BCUT2D eigenvalue weighted by Crippen LogP contribution is -2.31. The normalized spacial score (nSPS) is 13.4. The molecule has 1 heterocycles. The van der Waals surface area contributed by atoms with Crippen molar-refractivity contribution in [3.63, 3.8) is 0 Å². The number of hydrogen-bond acceptors (Lipinski definition) is 3. The van der Waals surface area contributed by atoms with E-state index in [2.05, 4.69) is 5.32 Å². The van der Waals surface area contributed by atoms with Crippen LogP contribution in [0.25, 0.3) is 10.1 Å². The zero-order chi connectivity index (χ0) is 14.8. The Balaban J connectivity index is 1.99. The fourth-order valence-corrected chi connectivity index (χ4v) is 3.13. The summed E-state index contributed by atoms with van der Waals surface area (Å²) in [5.74, 6) is -0.0175. The summed E-state index contributed by atoms with van der Waals surface area (Å²) in [6.07, 6.45) is -0.195. The first kappa shape index (κ1) is 15.0. The molecule has 1 aromatic carbocycles. The topological polar surface area (TPSA) is 49.3 Å². The first-order chi connectivity index (χ1) is 9.37. The molecule has 108 valence electrons. The molecule has 1 amide bonds. The van der Waals surface area contributed by atoms with Gasteiger partial charge < -0.3 is 10.4 Å². The number of aliphatic hydroxyl groups excluding tert-OH is 1. The van der Waals surface area contributed by atoms with Crippen molar-refractivity contribution in [2.24, 2.45) is 5.41 Å². The average molecular weight is 291 g/mol. The van der Waals surface area contributed by atoms with Crippen LogP contribution in [0.1, 0.15) is 38.9 Å². The monoisotopic (exact) mass is 291 g/mol. The summed E-state index contributed by atoms with van der Waals surface area (Å²) >= 11 is 1.61. The molecule has 1 aromatic heterocycles. The number of carbonyl (C=O) groups excluding carboxylic acids is 1. The predicted octanol–water partition coefficient (Wildman–Crippen LogP) is 3.49. The Hall–Kier alpha value is -1.39. The van der Waals surface area contributed by atoms with Gasteiger partial charge in [-0.2, -0.15) is 0 Å². The van der Waals surface area contributed by atoms with E-state index < -0.39 is 6.10 Å². The second-order valence-corrected chi connectivity index (χ2v) is 7.16. The highest BCUT2D eigenvalue weighted by atomic mass is 32.1. The van der Waals surface area contributed by atoms with Gasteiger partial charge in [0.05, 0.1) is 6.10 Å². The summed E-state index contributed by atoms with van der Waals surface area (Å²) in [5.41, 5.74) is 0.853.